The van der Waals surface area contributed by atoms with E-state index in [1.807, 2.05) is 6.07 Å². The maximum Gasteiger partial charge on any atom is 0.248 e. The van der Waals surface area contributed by atoms with Crippen LogP contribution in [0, 0.1) is 17.6 Å². The number of hydrogen-bond acceptors (Lipinski definition) is 1. The number of unbranched alkanes of at least 4 members (excludes halogenated alkanes) is 2. The third-order valence-corrected chi connectivity index (χ3v) is 4.43. The monoisotopic (exact) mass is 355 g/mol. The highest BCUT2D eigenvalue weighted by atomic mass is 19.2. The van der Waals surface area contributed by atoms with E-state index in [1.165, 1.54) is 6.20 Å². The fourth-order valence-electron chi connectivity index (χ4n) is 2.95. The zero-order valence-corrected chi connectivity index (χ0v) is 14.6. The number of benzene rings is 2. The van der Waals surface area contributed by atoms with E-state index in [0.717, 1.165) is 42.9 Å². The molecule has 0 atom stereocenters. The smallest absolute Gasteiger partial charge is 0.225 e. The van der Waals surface area contributed by atoms with E-state index in [9.17, 15) is 13.2 Å². The van der Waals surface area contributed by atoms with E-state index in [2.05, 4.69) is 11.9 Å². The van der Waals surface area contributed by atoms with Gasteiger partial charge in [-0.2, -0.15) is 4.39 Å². The second-order valence-electron chi connectivity index (χ2n) is 6.35. The second kappa shape index (κ2) is 8.17. The summed E-state index contributed by atoms with van der Waals surface area (Å²) < 4.78 is 40.7. The van der Waals surface area contributed by atoms with Crippen LogP contribution >= 0.6 is 0 Å². The molecule has 0 amide bonds. The minimum atomic E-state index is -1.12. The van der Waals surface area contributed by atoms with Crippen LogP contribution in [-0.2, 0) is 6.42 Å². The van der Waals surface area contributed by atoms with Crippen molar-refractivity contribution in [3.8, 4) is 22.3 Å². The topological polar surface area (TPSA) is 12.9 Å². The molecule has 3 rings (SSSR count). The fourth-order valence-corrected chi connectivity index (χ4v) is 2.95. The Bertz CT molecular complexity index is 888. The Morgan fingerprint density at radius 1 is 0.769 bits per heavy atom. The van der Waals surface area contributed by atoms with Crippen molar-refractivity contribution < 1.29 is 13.2 Å². The summed E-state index contributed by atoms with van der Waals surface area (Å²) in [6, 6.07) is 13.5. The van der Waals surface area contributed by atoms with Crippen LogP contribution < -0.4 is 0 Å². The summed E-state index contributed by atoms with van der Waals surface area (Å²) in [6.07, 6.45) is 5.50. The molecule has 0 aliphatic heterocycles. The quantitative estimate of drug-likeness (QED) is 0.360. The van der Waals surface area contributed by atoms with Crippen molar-refractivity contribution in [1.82, 2.24) is 4.98 Å². The third-order valence-electron chi connectivity index (χ3n) is 4.43. The maximum absolute atomic E-state index is 14.5. The highest BCUT2D eigenvalue weighted by Gasteiger charge is 2.09. The first-order valence-electron chi connectivity index (χ1n) is 8.78. The number of rotatable bonds is 6. The predicted octanol–water partition coefficient (Wildman–Crippen LogP) is 6.57. The van der Waals surface area contributed by atoms with Gasteiger partial charge >= 0.3 is 0 Å². The van der Waals surface area contributed by atoms with Crippen LogP contribution in [0.15, 0.2) is 54.7 Å². The van der Waals surface area contributed by atoms with Crippen molar-refractivity contribution in [3.05, 3.63) is 77.9 Å². The lowest BCUT2D eigenvalue weighted by Crippen LogP contribution is -1.92. The molecule has 1 nitrogen and oxygen atoms in total. The summed E-state index contributed by atoms with van der Waals surface area (Å²) in [5.74, 6) is -2.36. The molecule has 0 saturated carbocycles. The van der Waals surface area contributed by atoms with Crippen LogP contribution in [-0.4, -0.2) is 4.98 Å². The first kappa shape index (κ1) is 18.2. The molecule has 0 fully saturated rings. The Labute approximate surface area is 151 Å². The van der Waals surface area contributed by atoms with Gasteiger partial charge in [0.15, 0.2) is 5.82 Å². The molecular weight excluding hydrogens is 335 g/mol. The van der Waals surface area contributed by atoms with Crippen molar-refractivity contribution in [2.45, 2.75) is 32.6 Å². The number of aryl methyl sites for hydroxylation is 1. The van der Waals surface area contributed by atoms with Gasteiger partial charge in [-0.05, 0) is 41.7 Å². The van der Waals surface area contributed by atoms with Gasteiger partial charge in [0.2, 0.25) is 5.95 Å². The van der Waals surface area contributed by atoms with Crippen LogP contribution in [0.4, 0.5) is 13.2 Å². The van der Waals surface area contributed by atoms with Crippen LogP contribution in [0.2, 0.25) is 0 Å². The number of pyridine rings is 1. The van der Waals surface area contributed by atoms with Gasteiger partial charge in [-0.15, -0.1) is 0 Å². The molecule has 0 N–H and O–H groups in total. The van der Waals surface area contributed by atoms with E-state index in [-0.39, 0.29) is 5.82 Å². The zero-order valence-electron chi connectivity index (χ0n) is 14.6. The normalized spacial score (nSPS) is 10.9. The average molecular weight is 355 g/mol. The SMILES string of the molecule is CCCCCc1ccc(-c2ccc(-c3cnc(F)c(F)c3)cc2)c(F)c1. The van der Waals surface area contributed by atoms with Gasteiger partial charge in [-0.25, -0.2) is 13.8 Å². The summed E-state index contributed by atoms with van der Waals surface area (Å²) in [5, 5.41) is 0. The molecular formula is C22H20F3N. The van der Waals surface area contributed by atoms with Gasteiger partial charge in [-0.3, -0.25) is 0 Å². The van der Waals surface area contributed by atoms with E-state index in [1.54, 1.807) is 36.4 Å². The van der Waals surface area contributed by atoms with E-state index in [0.29, 0.717) is 16.7 Å². The van der Waals surface area contributed by atoms with Crippen LogP contribution in [0.1, 0.15) is 31.7 Å². The highest BCUT2D eigenvalue weighted by molar-refractivity contribution is 5.70. The van der Waals surface area contributed by atoms with Crippen LogP contribution in [0.5, 0.6) is 0 Å². The van der Waals surface area contributed by atoms with Crippen molar-refractivity contribution in [3.63, 3.8) is 0 Å². The summed E-state index contributed by atoms with van der Waals surface area (Å²) in [6.45, 7) is 2.14. The highest BCUT2D eigenvalue weighted by Crippen LogP contribution is 2.28. The van der Waals surface area contributed by atoms with E-state index >= 15 is 0 Å². The lowest BCUT2D eigenvalue weighted by Gasteiger charge is -2.08. The molecule has 1 heterocycles. The van der Waals surface area contributed by atoms with Gasteiger partial charge in [0.25, 0.3) is 0 Å². The first-order chi connectivity index (χ1) is 12.6. The van der Waals surface area contributed by atoms with E-state index in [4.69, 9.17) is 0 Å². The average Bonchev–Trinajstić information content (AvgIpc) is 2.65. The molecule has 0 aliphatic carbocycles. The zero-order chi connectivity index (χ0) is 18.5. The van der Waals surface area contributed by atoms with E-state index < -0.39 is 11.8 Å². The predicted molar refractivity (Wildman–Crippen MR) is 98.2 cm³/mol. The number of hydrogen-bond donors (Lipinski definition) is 0. The Morgan fingerprint density at radius 2 is 1.50 bits per heavy atom. The summed E-state index contributed by atoms with van der Waals surface area (Å²) in [5.41, 5.74) is 3.43. The minimum absolute atomic E-state index is 0.249. The van der Waals surface area contributed by atoms with Crippen molar-refractivity contribution in [1.29, 1.82) is 0 Å². The molecule has 2 aromatic carbocycles. The van der Waals surface area contributed by atoms with Gasteiger partial charge in [-0.1, -0.05) is 56.2 Å². The number of aromatic nitrogens is 1. The maximum atomic E-state index is 14.5. The lowest BCUT2D eigenvalue weighted by molar-refractivity contribution is 0.480. The minimum Gasteiger partial charge on any atom is -0.225 e. The molecule has 26 heavy (non-hydrogen) atoms. The molecule has 0 bridgehead atoms. The van der Waals surface area contributed by atoms with Crippen molar-refractivity contribution >= 4 is 0 Å². The van der Waals surface area contributed by atoms with Crippen LogP contribution in [0.3, 0.4) is 0 Å². The summed E-state index contributed by atoms with van der Waals surface area (Å²) >= 11 is 0. The summed E-state index contributed by atoms with van der Waals surface area (Å²) in [7, 11) is 0. The Morgan fingerprint density at radius 3 is 2.15 bits per heavy atom. The second-order valence-corrected chi connectivity index (χ2v) is 6.35. The Balaban J connectivity index is 1.80. The largest absolute Gasteiger partial charge is 0.248 e. The standard InChI is InChI=1S/C22H20F3N/c1-2-3-4-5-15-6-11-19(20(23)12-15)17-9-7-16(8-10-17)18-13-21(24)22(25)26-14-18/h6-14H,2-5H2,1H3. The molecule has 0 saturated heterocycles. The fraction of sp³-hybridized carbons (Fsp3) is 0.227. The van der Waals surface area contributed by atoms with Gasteiger partial charge in [0.1, 0.15) is 5.82 Å². The van der Waals surface area contributed by atoms with Crippen molar-refractivity contribution in [2.24, 2.45) is 0 Å². The molecule has 134 valence electrons. The van der Waals surface area contributed by atoms with Gasteiger partial charge < -0.3 is 0 Å². The molecule has 4 heteroatoms. The summed E-state index contributed by atoms with van der Waals surface area (Å²) in [4.78, 5) is 3.39. The molecule has 0 unspecified atom stereocenters. The Kier molecular flexibility index (Phi) is 5.71. The molecule has 3 aromatic rings. The number of nitrogens with zero attached hydrogens (tertiary/aromatic N) is 1. The van der Waals surface area contributed by atoms with Crippen LogP contribution in [0.25, 0.3) is 22.3 Å². The van der Waals surface area contributed by atoms with Gasteiger partial charge in [0, 0.05) is 17.3 Å². The van der Waals surface area contributed by atoms with Gasteiger partial charge in [0.05, 0.1) is 0 Å². The lowest BCUT2D eigenvalue weighted by atomic mass is 9.98. The molecule has 0 spiro atoms. The van der Waals surface area contributed by atoms with Crippen molar-refractivity contribution in [2.75, 3.05) is 0 Å². The molecule has 1 aromatic heterocycles. The first-order valence-corrected chi connectivity index (χ1v) is 8.78. The molecule has 0 aliphatic rings. The third kappa shape index (κ3) is 4.13. The Hall–Kier alpha value is -2.62. The molecule has 0 radical (unpaired) electrons. The number of halogens is 3.